The van der Waals surface area contributed by atoms with Gasteiger partial charge in [-0.25, -0.2) is 0 Å². The van der Waals surface area contributed by atoms with Crippen LogP contribution in [0.1, 0.15) is 12.8 Å². The van der Waals surface area contributed by atoms with Crippen LogP contribution in [0.25, 0.3) is 0 Å². The minimum absolute atomic E-state index is 0.0272. The Labute approximate surface area is 174 Å². The van der Waals surface area contributed by atoms with Crippen molar-refractivity contribution < 1.29 is 24.8 Å². The summed E-state index contributed by atoms with van der Waals surface area (Å²) in [6.45, 7) is 0.483. The van der Waals surface area contributed by atoms with Crippen LogP contribution >= 0.6 is 34.8 Å². The Balaban J connectivity index is 0.000000261. The van der Waals surface area contributed by atoms with Crippen molar-refractivity contribution in [1.29, 1.82) is 0 Å². The summed E-state index contributed by atoms with van der Waals surface area (Å²) in [4.78, 5) is 20.2. The van der Waals surface area contributed by atoms with Gasteiger partial charge in [0, 0.05) is 23.7 Å². The molecule has 1 heterocycles. The molecule has 3 rings (SSSR count). The number of rotatable bonds is 4. The van der Waals surface area contributed by atoms with Gasteiger partial charge in [0.1, 0.15) is 11.8 Å². The largest absolute Gasteiger partial charge is 0.480 e. The number of hydrogen-bond donors (Lipinski definition) is 2. The van der Waals surface area contributed by atoms with Crippen LogP contribution < -0.4 is 4.74 Å². The van der Waals surface area contributed by atoms with Crippen molar-refractivity contribution in [2.24, 2.45) is 0 Å². The Morgan fingerprint density at radius 1 is 1.18 bits per heavy atom. The maximum atomic E-state index is 10.5. The monoisotopic (exact) mass is 448 g/mol. The molecule has 8 nitrogen and oxygen atoms in total. The Bertz CT molecular complexity index is 839. The molecule has 0 aliphatic carbocycles. The second-order valence-corrected chi connectivity index (χ2v) is 6.96. The van der Waals surface area contributed by atoms with Gasteiger partial charge in [-0.15, -0.1) is 0 Å². The van der Waals surface area contributed by atoms with Crippen LogP contribution in [0, 0.1) is 10.1 Å². The van der Waals surface area contributed by atoms with Crippen LogP contribution in [-0.4, -0.2) is 38.9 Å². The fraction of sp³-hybridized carbons (Fsp3) is 0.235. The van der Waals surface area contributed by atoms with Crippen LogP contribution in [0.15, 0.2) is 36.4 Å². The van der Waals surface area contributed by atoms with E-state index in [1.807, 2.05) is 0 Å². The number of non-ortho nitro benzene ring substituents is 1. The van der Waals surface area contributed by atoms with Crippen LogP contribution in [0.3, 0.4) is 0 Å². The number of nitro benzene ring substituents is 1. The summed E-state index contributed by atoms with van der Waals surface area (Å²) >= 11 is 17.7. The lowest BCUT2D eigenvalue weighted by molar-refractivity contribution is -0.384. The first-order valence-corrected chi connectivity index (χ1v) is 9.07. The van der Waals surface area contributed by atoms with Crippen molar-refractivity contribution in [3.63, 3.8) is 0 Å². The second kappa shape index (κ2) is 9.90. The topological polar surface area (TPSA) is 113 Å². The van der Waals surface area contributed by atoms with Gasteiger partial charge >= 0.3 is 5.97 Å². The smallest absolute Gasteiger partial charge is 0.323 e. The first-order chi connectivity index (χ1) is 13.2. The predicted molar refractivity (Wildman–Crippen MR) is 104 cm³/mol. The lowest BCUT2D eigenvalue weighted by Crippen LogP contribution is -2.32. The molecule has 0 saturated carbocycles. The molecule has 1 fully saturated rings. The van der Waals surface area contributed by atoms with Crippen molar-refractivity contribution in [2.75, 3.05) is 6.54 Å². The fourth-order valence-corrected chi connectivity index (χ4v) is 3.28. The van der Waals surface area contributed by atoms with Crippen LogP contribution in [-0.2, 0) is 4.79 Å². The van der Waals surface area contributed by atoms with E-state index in [9.17, 15) is 14.9 Å². The molecule has 11 heteroatoms. The minimum Gasteiger partial charge on any atom is -0.480 e. The Morgan fingerprint density at radius 3 is 2.14 bits per heavy atom. The molecule has 2 aromatic carbocycles. The van der Waals surface area contributed by atoms with Crippen molar-refractivity contribution >= 4 is 46.5 Å². The molecule has 1 atom stereocenters. The second-order valence-electron chi connectivity index (χ2n) is 5.71. The molecular formula is C17H15Cl3N2O6. The van der Waals surface area contributed by atoms with E-state index in [1.54, 1.807) is 0 Å². The van der Waals surface area contributed by atoms with E-state index in [-0.39, 0.29) is 21.5 Å². The Kier molecular flexibility index (Phi) is 7.85. The summed E-state index contributed by atoms with van der Waals surface area (Å²) in [7, 11) is 0. The zero-order valence-corrected chi connectivity index (χ0v) is 16.5. The third-order valence-corrected chi connectivity index (χ3v) is 4.52. The number of hydroxylamine groups is 2. The van der Waals surface area contributed by atoms with E-state index in [0.29, 0.717) is 23.7 Å². The number of aliphatic carboxylic acids is 1. The highest BCUT2D eigenvalue weighted by Crippen LogP contribution is 2.38. The number of nitro groups is 1. The average molecular weight is 450 g/mol. The molecule has 1 unspecified atom stereocenters. The maximum absolute atomic E-state index is 10.5. The molecule has 2 N–H and O–H groups in total. The van der Waals surface area contributed by atoms with Crippen molar-refractivity contribution in [2.45, 2.75) is 18.9 Å². The number of halogens is 3. The predicted octanol–water partition coefficient (Wildman–Crippen LogP) is 5.27. The van der Waals surface area contributed by atoms with Gasteiger partial charge < -0.3 is 15.1 Å². The summed E-state index contributed by atoms with van der Waals surface area (Å²) in [5.74, 6) is -0.298. The van der Waals surface area contributed by atoms with E-state index < -0.39 is 16.9 Å². The summed E-state index contributed by atoms with van der Waals surface area (Å²) in [6, 6.07) is 7.90. The maximum Gasteiger partial charge on any atom is 0.323 e. The lowest BCUT2D eigenvalue weighted by atomic mass is 10.2. The molecule has 0 radical (unpaired) electrons. The third kappa shape index (κ3) is 5.95. The highest BCUT2D eigenvalue weighted by molar-refractivity contribution is 6.40. The lowest BCUT2D eigenvalue weighted by Gasteiger charge is -2.11. The summed E-state index contributed by atoms with van der Waals surface area (Å²) in [5.41, 5.74) is -0.0272. The van der Waals surface area contributed by atoms with E-state index >= 15 is 0 Å². The molecule has 0 spiro atoms. The molecule has 1 aliphatic rings. The molecule has 1 saturated heterocycles. The van der Waals surface area contributed by atoms with E-state index in [0.717, 1.165) is 11.5 Å². The molecule has 0 bridgehead atoms. The molecule has 28 heavy (non-hydrogen) atoms. The quantitative estimate of drug-likeness (QED) is 0.482. The molecule has 0 aromatic heterocycles. The number of carboxylic acid groups (broad SMARTS) is 1. The van der Waals surface area contributed by atoms with E-state index in [1.165, 1.54) is 36.4 Å². The molecule has 150 valence electrons. The van der Waals surface area contributed by atoms with Crippen molar-refractivity contribution in [1.82, 2.24) is 5.06 Å². The first kappa shape index (κ1) is 22.2. The number of ether oxygens (including phenoxy) is 1. The highest BCUT2D eigenvalue weighted by atomic mass is 35.5. The fourth-order valence-electron chi connectivity index (χ4n) is 2.38. The van der Waals surface area contributed by atoms with E-state index in [2.05, 4.69) is 0 Å². The first-order valence-electron chi connectivity index (χ1n) is 7.94. The van der Waals surface area contributed by atoms with Crippen molar-refractivity contribution in [3.8, 4) is 11.5 Å². The summed E-state index contributed by atoms with van der Waals surface area (Å²) in [6.07, 6.45) is 1.33. The molecule has 1 aliphatic heterocycles. The third-order valence-electron chi connectivity index (χ3n) is 3.74. The Morgan fingerprint density at radius 2 is 1.75 bits per heavy atom. The molecular weight excluding hydrogens is 435 g/mol. The van der Waals surface area contributed by atoms with E-state index in [4.69, 9.17) is 49.9 Å². The van der Waals surface area contributed by atoms with Gasteiger partial charge in [0.05, 0.1) is 15.0 Å². The van der Waals surface area contributed by atoms with Gasteiger partial charge in [-0.05, 0) is 37.1 Å². The van der Waals surface area contributed by atoms with Gasteiger partial charge in [0.15, 0.2) is 5.75 Å². The molecule has 2 aromatic rings. The van der Waals surface area contributed by atoms with Gasteiger partial charge in [-0.1, -0.05) is 34.8 Å². The SMILES string of the molecule is O=C(O)C1CCCN1O.O=[N+]([O-])c1ccc(Oc2c(Cl)cc(Cl)cc2Cl)cc1. The van der Waals surface area contributed by atoms with Gasteiger partial charge in [0.2, 0.25) is 0 Å². The Hall–Kier alpha value is -2.10. The highest BCUT2D eigenvalue weighted by Gasteiger charge is 2.28. The molecule has 0 amide bonds. The summed E-state index contributed by atoms with van der Waals surface area (Å²) < 4.78 is 5.48. The number of benzene rings is 2. The average Bonchev–Trinajstić information content (AvgIpc) is 3.05. The van der Waals surface area contributed by atoms with Gasteiger partial charge in [-0.3, -0.25) is 14.9 Å². The van der Waals surface area contributed by atoms with Crippen LogP contribution in [0.2, 0.25) is 15.1 Å². The zero-order chi connectivity index (χ0) is 20.8. The van der Waals surface area contributed by atoms with Crippen LogP contribution in [0.5, 0.6) is 11.5 Å². The standard InChI is InChI=1S/C12H6Cl3NO3.C5H9NO3/c13-7-5-10(14)12(11(15)6-7)19-9-3-1-8(2-4-9)16(17)18;7-5(8)4-2-1-3-6(4)9/h1-6H;4,9H,1-3H2,(H,7,8). The van der Waals surface area contributed by atoms with Gasteiger partial charge in [-0.2, -0.15) is 5.06 Å². The van der Waals surface area contributed by atoms with Gasteiger partial charge in [0.25, 0.3) is 5.69 Å². The van der Waals surface area contributed by atoms with Crippen molar-refractivity contribution in [3.05, 3.63) is 61.6 Å². The normalized spacial score (nSPS) is 16.2. The number of carbonyl (C=O) groups is 1. The zero-order valence-electron chi connectivity index (χ0n) is 14.2. The minimum atomic E-state index is -0.935. The number of nitrogens with zero attached hydrogens (tertiary/aromatic N) is 2. The number of hydrogen-bond acceptors (Lipinski definition) is 6. The summed E-state index contributed by atoms with van der Waals surface area (Å²) in [5, 5.41) is 29.5. The van der Waals surface area contributed by atoms with Crippen LogP contribution in [0.4, 0.5) is 5.69 Å². The number of carboxylic acids is 1.